The van der Waals surface area contributed by atoms with Crippen molar-refractivity contribution in [3.8, 4) is 28.4 Å². The lowest BCUT2D eigenvalue weighted by Gasteiger charge is -2.47. The Labute approximate surface area is 223 Å². The Balaban J connectivity index is 1.69. The zero-order valence-electron chi connectivity index (χ0n) is 21.9. The number of aromatic hydroxyl groups is 2. The zero-order valence-corrected chi connectivity index (χ0v) is 21.9. The van der Waals surface area contributed by atoms with Gasteiger partial charge in [0, 0.05) is 12.5 Å². The first-order valence-corrected chi connectivity index (χ1v) is 12.6. The second-order valence-corrected chi connectivity index (χ2v) is 9.88. The third kappa shape index (κ3) is 4.82. The number of aliphatic hydroxyl groups is 1. The van der Waals surface area contributed by atoms with Gasteiger partial charge < -0.3 is 43.4 Å². The van der Waals surface area contributed by atoms with Crippen LogP contribution in [0.15, 0.2) is 39.5 Å². The molecular formula is C28H30O11. The van der Waals surface area contributed by atoms with Crippen LogP contribution in [-0.4, -0.2) is 65.7 Å². The van der Waals surface area contributed by atoms with Crippen LogP contribution < -0.4 is 10.2 Å². The van der Waals surface area contributed by atoms with Crippen molar-refractivity contribution in [2.24, 2.45) is 0 Å². The number of benzene rings is 2. The van der Waals surface area contributed by atoms with Crippen molar-refractivity contribution in [1.82, 2.24) is 0 Å². The second-order valence-electron chi connectivity index (χ2n) is 9.88. The highest BCUT2D eigenvalue weighted by atomic mass is 16.7. The van der Waals surface area contributed by atoms with Crippen molar-refractivity contribution in [3.63, 3.8) is 0 Å². The SMILES string of the molecule is CCOC(=O)c1oc2c(C3C[C@@H](O)C4OC(C)(C)OCC4O3)c(O)cc(O)c2c(=O)c1-c1ccc(OC)cc1. The van der Waals surface area contributed by atoms with Crippen LogP contribution >= 0.6 is 0 Å². The summed E-state index contributed by atoms with van der Waals surface area (Å²) >= 11 is 0. The van der Waals surface area contributed by atoms with E-state index in [1.165, 1.54) is 7.11 Å². The first kappa shape index (κ1) is 26.9. The molecule has 1 aromatic heterocycles. The lowest BCUT2D eigenvalue weighted by atomic mass is 9.91. The number of aliphatic hydroxyl groups excluding tert-OH is 1. The summed E-state index contributed by atoms with van der Waals surface area (Å²) in [7, 11) is 1.49. The minimum Gasteiger partial charge on any atom is -0.507 e. The highest BCUT2D eigenvalue weighted by molar-refractivity contribution is 6.00. The molecule has 11 nitrogen and oxygen atoms in total. The molecule has 11 heteroatoms. The number of methoxy groups -OCH3 is 1. The van der Waals surface area contributed by atoms with Gasteiger partial charge in [0.15, 0.2) is 11.4 Å². The second kappa shape index (κ2) is 10.2. The Kier molecular flexibility index (Phi) is 7.02. The van der Waals surface area contributed by atoms with Crippen molar-refractivity contribution in [1.29, 1.82) is 0 Å². The number of phenols is 2. The molecule has 3 aromatic rings. The molecule has 39 heavy (non-hydrogen) atoms. The van der Waals surface area contributed by atoms with E-state index in [0.717, 1.165) is 6.07 Å². The predicted molar refractivity (Wildman–Crippen MR) is 137 cm³/mol. The van der Waals surface area contributed by atoms with Crippen LogP contribution in [0.1, 0.15) is 49.4 Å². The van der Waals surface area contributed by atoms with Crippen LogP contribution in [0.25, 0.3) is 22.1 Å². The van der Waals surface area contributed by atoms with Gasteiger partial charge in [0.2, 0.25) is 11.2 Å². The summed E-state index contributed by atoms with van der Waals surface area (Å²) in [5.74, 6) is -2.69. The Bertz CT molecular complexity index is 1460. The maximum atomic E-state index is 13.9. The predicted octanol–water partition coefficient (Wildman–Crippen LogP) is 3.40. The fourth-order valence-corrected chi connectivity index (χ4v) is 5.09. The normalized spacial score (nSPS) is 24.2. The molecule has 3 unspecified atom stereocenters. The molecule has 2 aromatic carbocycles. The zero-order chi connectivity index (χ0) is 28.1. The Hall–Kier alpha value is -3.64. The summed E-state index contributed by atoms with van der Waals surface area (Å²) in [6.07, 6.45) is -3.38. The number of hydrogen-bond acceptors (Lipinski definition) is 11. The largest absolute Gasteiger partial charge is 0.507 e. The van der Waals surface area contributed by atoms with E-state index in [0.29, 0.717) is 11.3 Å². The summed E-state index contributed by atoms with van der Waals surface area (Å²) in [5, 5.41) is 32.3. The third-order valence-corrected chi connectivity index (χ3v) is 6.88. The van der Waals surface area contributed by atoms with E-state index in [9.17, 15) is 24.9 Å². The average Bonchev–Trinajstić information content (AvgIpc) is 2.88. The number of fused-ring (bicyclic) bond motifs is 2. The van der Waals surface area contributed by atoms with Gasteiger partial charge in [-0.2, -0.15) is 0 Å². The van der Waals surface area contributed by atoms with Crippen molar-refractivity contribution in [2.45, 2.75) is 57.4 Å². The molecule has 4 atom stereocenters. The quantitative estimate of drug-likeness (QED) is 0.406. The molecule has 208 valence electrons. The van der Waals surface area contributed by atoms with Crippen LogP contribution in [0.3, 0.4) is 0 Å². The number of carbonyl (C=O) groups excluding carboxylic acids is 1. The lowest BCUT2D eigenvalue weighted by Crippen LogP contribution is -2.57. The molecule has 0 spiro atoms. The van der Waals surface area contributed by atoms with Crippen LogP contribution in [0.5, 0.6) is 17.2 Å². The Morgan fingerprint density at radius 2 is 1.87 bits per heavy atom. The van der Waals surface area contributed by atoms with Gasteiger partial charge in [-0.15, -0.1) is 0 Å². The highest BCUT2D eigenvalue weighted by Crippen LogP contribution is 2.45. The molecule has 0 aliphatic carbocycles. The molecule has 3 heterocycles. The van der Waals surface area contributed by atoms with Gasteiger partial charge in [-0.05, 0) is 38.5 Å². The summed E-state index contributed by atoms with van der Waals surface area (Å²) in [4.78, 5) is 26.9. The van der Waals surface area contributed by atoms with E-state index in [1.807, 2.05) is 0 Å². The van der Waals surface area contributed by atoms with Crippen molar-refractivity contribution >= 4 is 16.9 Å². The molecule has 0 radical (unpaired) electrons. The lowest BCUT2D eigenvalue weighted by molar-refractivity contribution is -0.345. The third-order valence-electron chi connectivity index (χ3n) is 6.88. The highest BCUT2D eigenvalue weighted by Gasteiger charge is 2.47. The molecule has 2 aliphatic rings. The Morgan fingerprint density at radius 3 is 2.54 bits per heavy atom. The Morgan fingerprint density at radius 1 is 1.15 bits per heavy atom. The number of phenolic OH excluding ortho intramolecular Hbond substituents is 2. The molecular weight excluding hydrogens is 512 g/mol. The minimum absolute atomic E-state index is 0.00550. The van der Waals surface area contributed by atoms with Crippen LogP contribution in [0.4, 0.5) is 0 Å². The molecule has 0 saturated carbocycles. The van der Waals surface area contributed by atoms with Crippen molar-refractivity contribution in [2.75, 3.05) is 20.3 Å². The van der Waals surface area contributed by atoms with E-state index in [-0.39, 0.29) is 41.7 Å². The smallest absolute Gasteiger partial charge is 0.375 e. The fraction of sp³-hybridized carbons (Fsp3) is 0.429. The number of ether oxygens (including phenoxy) is 5. The average molecular weight is 543 g/mol. The van der Waals surface area contributed by atoms with Crippen molar-refractivity contribution in [3.05, 3.63) is 51.9 Å². The molecule has 5 rings (SSSR count). The monoisotopic (exact) mass is 542 g/mol. The topological polar surface area (TPSA) is 154 Å². The standard InChI is InChI=1S/C28H30O11/c1-5-35-27(33)26-20(13-6-8-14(34-4)9-7-13)23(32)22-16(30)10-15(29)21(25(22)38-26)18-11-17(31)24-19(37-18)12-36-28(2,3)39-24/h6-10,17-19,24,29-31H,5,11-12H2,1-4H3/t17-,18?,19?,24?/m1/s1. The number of esters is 1. The van der Waals surface area contributed by atoms with E-state index < -0.39 is 58.9 Å². The first-order chi connectivity index (χ1) is 18.5. The number of hydrogen-bond donors (Lipinski definition) is 3. The summed E-state index contributed by atoms with van der Waals surface area (Å²) in [5.41, 5.74) is -0.782. The van der Waals surface area contributed by atoms with Gasteiger partial charge in [0.25, 0.3) is 0 Å². The van der Waals surface area contributed by atoms with E-state index in [2.05, 4.69) is 0 Å². The maximum absolute atomic E-state index is 13.9. The summed E-state index contributed by atoms with van der Waals surface area (Å²) in [6.45, 7) is 5.19. The van der Waals surface area contributed by atoms with Gasteiger partial charge in [-0.25, -0.2) is 4.79 Å². The number of carbonyl (C=O) groups is 1. The van der Waals surface area contributed by atoms with Crippen LogP contribution in [0, 0.1) is 0 Å². The van der Waals surface area contributed by atoms with Gasteiger partial charge >= 0.3 is 5.97 Å². The van der Waals surface area contributed by atoms with Gasteiger partial charge in [0.05, 0.1) is 43.7 Å². The van der Waals surface area contributed by atoms with Crippen LogP contribution in [-0.2, 0) is 18.9 Å². The van der Waals surface area contributed by atoms with E-state index in [1.54, 1.807) is 45.0 Å². The van der Waals surface area contributed by atoms with Crippen molar-refractivity contribution < 1.29 is 48.2 Å². The molecule has 2 fully saturated rings. The molecule has 0 amide bonds. The molecule has 2 aliphatic heterocycles. The van der Waals surface area contributed by atoms with Gasteiger partial charge in [-0.3, -0.25) is 4.79 Å². The summed E-state index contributed by atoms with van der Waals surface area (Å²) < 4.78 is 34.0. The van der Waals surface area contributed by atoms with E-state index >= 15 is 0 Å². The molecule has 2 saturated heterocycles. The van der Waals surface area contributed by atoms with Crippen LogP contribution in [0.2, 0.25) is 0 Å². The molecule has 3 N–H and O–H groups in total. The minimum atomic E-state index is -1.00. The van der Waals surface area contributed by atoms with Gasteiger partial charge in [0.1, 0.15) is 34.8 Å². The first-order valence-electron chi connectivity index (χ1n) is 12.6. The fourth-order valence-electron chi connectivity index (χ4n) is 5.09. The van der Waals surface area contributed by atoms with E-state index in [4.69, 9.17) is 28.1 Å². The molecule has 0 bridgehead atoms. The number of rotatable bonds is 5. The maximum Gasteiger partial charge on any atom is 0.375 e. The summed E-state index contributed by atoms with van der Waals surface area (Å²) in [6, 6.07) is 7.38. The van der Waals surface area contributed by atoms with Gasteiger partial charge in [-0.1, -0.05) is 12.1 Å².